The van der Waals surface area contributed by atoms with Gasteiger partial charge in [0.1, 0.15) is 11.6 Å². The average Bonchev–Trinajstić information content (AvgIpc) is 2.58. The van der Waals surface area contributed by atoms with Crippen LogP contribution in [-0.4, -0.2) is 11.8 Å². The summed E-state index contributed by atoms with van der Waals surface area (Å²) in [6.07, 6.45) is 1.25. The van der Waals surface area contributed by atoms with E-state index in [9.17, 15) is 14.9 Å². The molecule has 0 saturated heterocycles. The first-order valence-electron chi connectivity index (χ1n) is 7.25. The van der Waals surface area contributed by atoms with Gasteiger partial charge in [0.05, 0.1) is 5.69 Å². The highest BCUT2D eigenvalue weighted by Gasteiger charge is 2.23. The fourth-order valence-corrected chi connectivity index (χ4v) is 2.16. The number of benzene rings is 2. The van der Waals surface area contributed by atoms with E-state index in [0.29, 0.717) is 22.1 Å². The third-order valence-electron chi connectivity index (χ3n) is 3.25. The van der Waals surface area contributed by atoms with Crippen LogP contribution in [0.2, 0.25) is 5.02 Å². The monoisotopic (exact) mass is 354 g/mol. The quantitative estimate of drug-likeness (QED) is 0.498. The van der Waals surface area contributed by atoms with E-state index in [1.54, 1.807) is 42.5 Å². The Morgan fingerprint density at radius 1 is 1.16 bits per heavy atom. The van der Waals surface area contributed by atoms with Crippen molar-refractivity contribution in [3.8, 4) is 6.07 Å². The van der Waals surface area contributed by atoms with Gasteiger partial charge >= 0.3 is 0 Å². The van der Waals surface area contributed by atoms with Gasteiger partial charge in [0.2, 0.25) is 5.91 Å². The van der Waals surface area contributed by atoms with Gasteiger partial charge in [-0.25, -0.2) is 4.90 Å². The molecular formula is C18H15ClN4O2. The van der Waals surface area contributed by atoms with Crippen molar-refractivity contribution < 1.29 is 9.59 Å². The number of imide groups is 1. The first-order chi connectivity index (χ1) is 11.9. The minimum Gasteiger partial charge on any atom is -0.399 e. The molecule has 2 aromatic carbocycles. The average molecular weight is 355 g/mol. The van der Waals surface area contributed by atoms with Crippen LogP contribution in [0.1, 0.15) is 6.92 Å². The Morgan fingerprint density at radius 2 is 1.76 bits per heavy atom. The van der Waals surface area contributed by atoms with Crippen molar-refractivity contribution in [1.82, 2.24) is 0 Å². The Balaban J connectivity index is 2.27. The summed E-state index contributed by atoms with van der Waals surface area (Å²) < 4.78 is 0. The molecule has 0 aliphatic rings. The van der Waals surface area contributed by atoms with Crippen LogP contribution in [0.4, 0.5) is 17.1 Å². The van der Waals surface area contributed by atoms with E-state index >= 15 is 0 Å². The molecule has 2 amide bonds. The number of hydrogen-bond donors (Lipinski definition) is 2. The van der Waals surface area contributed by atoms with Crippen LogP contribution in [-0.2, 0) is 9.59 Å². The van der Waals surface area contributed by atoms with E-state index in [1.165, 1.54) is 25.3 Å². The molecule has 0 saturated carbocycles. The maximum atomic E-state index is 12.6. The van der Waals surface area contributed by atoms with Crippen molar-refractivity contribution in [3.63, 3.8) is 0 Å². The molecule has 0 aromatic heterocycles. The molecular weight excluding hydrogens is 340 g/mol. The molecule has 0 fully saturated rings. The molecule has 0 heterocycles. The lowest BCUT2D eigenvalue weighted by Crippen LogP contribution is -2.36. The summed E-state index contributed by atoms with van der Waals surface area (Å²) in [5.41, 5.74) is 6.87. The highest BCUT2D eigenvalue weighted by molar-refractivity contribution is 6.30. The first-order valence-corrected chi connectivity index (χ1v) is 7.63. The maximum absolute atomic E-state index is 12.6. The summed E-state index contributed by atoms with van der Waals surface area (Å²) in [6, 6.07) is 14.7. The van der Waals surface area contributed by atoms with Crippen LogP contribution in [0.5, 0.6) is 0 Å². The van der Waals surface area contributed by atoms with E-state index in [2.05, 4.69) is 5.32 Å². The highest BCUT2D eigenvalue weighted by atomic mass is 35.5. The number of nitrogens with two attached hydrogens (primary N) is 1. The molecule has 3 N–H and O–H groups in total. The molecule has 0 radical (unpaired) electrons. The molecule has 0 atom stereocenters. The Kier molecular flexibility index (Phi) is 5.77. The Morgan fingerprint density at radius 3 is 2.28 bits per heavy atom. The summed E-state index contributed by atoms with van der Waals surface area (Å²) in [7, 11) is 0. The minimum atomic E-state index is -0.735. The van der Waals surface area contributed by atoms with Gasteiger partial charge in [0.25, 0.3) is 5.91 Å². The third-order valence-corrected chi connectivity index (χ3v) is 3.50. The number of amides is 2. The number of nitriles is 1. The molecule has 2 aromatic rings. The molecule has 25 heavy (non-hydrogen) atoms. The predicted molar refractivity (Wildman–Crippen MR) is 97.8 cm³/mol. The SMILES string of the molecule is CC(=O)N(C(=O)/C(C#N)=C\Nc1ccc(Cl)cc1)c1ccc(N)cc1. The normalized spacial score (nSPS) is 10.7. The molecule has 0 bridgehead atoms. The van der Waals surface area contributed by atoms with Crippen molar-refractivity contribution in [3.05, 3.63) is 65.3 Å². The summed E-state index contributed by atoms with van der Waals surface area (Å²) in [5.74, 6) is -1.25. The fraction of sp³-hybridized carbons (Fsp3) is 0.0556. The number of nitrogens with zero attached hydrogens (tertiary/aromatic N) is 2. The van der Waals surface area contributed by atoms with Gasteiger partial charge in [-0.2, -0.15) is 5.26 Å². The highest BCUT2D eigenvalue weighted by Crippen LogP contribution is 2.19. The van der Waals surface area contributed by atoms with Gasteiger partial charge in [-0.1, -0.05) is 11.6 Å². The Hall–Kier alpha value is -3.30. The van der Waals surface area contributed by atoms with Crippen LogP contribution in [0, 0.1) is 11.3 Å². The van der Waals surface area contributed by atoms with Gasteiger partial charge < -0.3 is 11.1 Å². The number of rotatable bonds is 4. The van der Waals surface area contributed by atoms with E-state index in [-0.39, 0.29) is 5.57 Å². The van der Waals surface area contributed by atoms with Crippen molar-refractivity contribution >= 4 is 40.5 Å². The second kappa shape index (κ2) is 7.99. The largest absolute Gasteiger partial charge is 0.399 e. The smallest absolute Gasteiger partial charge is 0.277 e. The molecule has 0 spiro atoms. The zero-order valence-electron chi connectivity index (χ0n) is 13.4. The molecule has 0 aliphatic carbocycles. The van der Waals surface area contributed by atoms with E-state index in [4.69, 9.17) is 17.3 Å². The summed E-state index contributed by atoms with van der Waals surface area (Å²) in [4.78, 5) is 25.4. The van der Waals surface area contributed by atoms with Crippen molar-refractivity contribution in [1.29, 1.82) is 5.26 Å². The van der Waals surface area contributed by atoms with Crippen molar-refractivity contribution in [2.75, 3.05) is 16.0 Å². The number of nitrogen functional groups attached to an aromatic ring is 1. The Bertz CT molecular complexity index is 852. The zero-order valence-corrected chi connectivity index (χ0v) is 14.1. The fourth-order valence-electron chi connectivity index (χ4n) is 2.03. The van der Waals surface area contributed by atoms with Crippen LogP contribution in [0.15, 0.2) is 60.3 Å². The van der Waals surface area contributed by atoms with Crippen LogP contribution in [0.3, 0.4) is 0 Å². The number of anilines is 3. The summed E-state index contributed by atoms with van der Waals surface area (Å²) in [6.45, 7) is 1.25. The lowest BCUT2D eigenvalue weighted by Gasteiger charge is -2.19. The summed E-state index contributed by atoms with van der Waals surface area (Å²) in [5, 5.41) is 12.7. The van der Waals surface area contributed by atoms with Crippen LogP contribution < -0.4 is 16.0 Å². The lowest BCUT2D eigenvalue weighted by molar-refractivity contribution is -0.123. The van der Waals surface area contributed by atoms with E-state index < -0.39 is 11.8 Å². The second-order valence-electron chi connectivity index (χ2n) is 5.07. The lowest BCUT2D eigenvalue weighted by atomic mass is 10.2. The maximum Gasteiger partial charge on any atom is 0.277 e. The standard InChI is InChI=1S/C18H15ClN4O2/c1-12(24)23(17-8-4-15(21)5-9-17)18(25)13(10-20)11-22-16-6-2-14(19)3-7-16/h2-9,11,22H,21H2,1H3/b13-11-. The van der Waals surface area contributed by atoms with E-state index in [1.807, 2.05) is 0 Å². The molecule has 7 heteroatoms. The molecule has 0 aliphatic heterocycles. The molecule has 0 unspecified atom stereocenters. The van der Waals surface area contributed by atoms with Gasteiger partial charge in [-0.15, -0.1) is 0 Å². The van der Waals surface area contributed by atoms with Gasteiger partial charge in [-0.05, 0) is 48.5 Å². The number of halogens is 1. The number of carbonyl (C=O) groups excluding carboxylic acids is 2. The third kappa shape index (κ3) is 4.59. The van der Waals surface area contributed by atoms with Gasteiger partial charge in [-0.3, -0.25) is 9.59 Å². The molecule has 2 rings (SSSR count). The van der Waals surface area contributed by atoms with Gasteiger partial charge in [0.15, 0.2) is 0 Å². The topological polar surface area (TPSA) is 99.2 Å². The number of hydrogen-bond acceptors (Lipinski definition) is 5. The van der Waals surface area contributed by atoms with Gasteiger partial charge in [0, 0.05) is 29.5 Å². The zero-order chi connectivity index (χ0) is 18.4. The first kappa shape index (κ1) is 18.0. The number of nitrogens with one attached hydrogen (secondary N) is 1. The number of carbonyl (C=O) groups is 2. The van der Waals surface area contributed by atoms with Crippen LogP contribution >= 0.6 is 11.6 Å². The van der Waals surface area contributed by atoms with E-state index in [0.717, 1.165) is 4.90 Å². The predicted octanol–water partition coefficient (Wildman–Crippen LogP) is 3.32. The molecule has 6 nitrogen and oxygen atoms in total. The van der Waals surface area contributed by atoms with Crippen molar-refractivity contribution in [2.24, 2.45) is 0 Å². The minimum absolute atomic E-state index is 0.220. The molecule has 126 valence electrons. The second-order valence-corrected chi connectivity index (χ2v) is 5.51. The van der Waals surface area contributed by atoms with Crippen molar-refractivity contribution in [2.45, 2.75) is 6.92 Å². The summed E-state index contributed by atoms with van der Waals surface area (Å²) >= 11 is 5.80. The Labute approximate surface area is 150 Å². The van der Waals surface area contributed by atoms with Crippen LogP contribution in [0.25, 0.3) is 0 Å².